The molecule has 2 aromatic rings. The van der Waals surface area contributed by atoms with Crippen LogP contribution in [-0.4, -0.2) is 27.3 Å². The highest BCUT2D eigenvalue weighted by Crippen LogP contribution is 2.35. The molecule has 0 atom stereocenters. The SMILES string of the molecule is COc1cc(CCCN2CCc3ccccc32)cc(N)c1OC. The van der Waals surface area contributed by atoms with Gasteiger partial charge in [0.2, 0.25) is 0 Å². The molecule has 0 aliphatic carbocycles. The van der Waals surface area contributed by atoms with Gasteiger partial charge in [0.1, 0.15) is 0 Å². The molecule has 2 aromatic carbocycles. The Morgan fingerprint density at radius 3 is 2.74 bits per heavy atom. The fraction of sp³-hybridized carbons (Fsp3) is 0.368. The monoisotopic (exact) mass is 312 g/mol. The number of nitrogens with zero attached hydrogens (tertiary/aromatic N) is 1. The molecule has 1 aliphatic rings. The zero-order valence-corrected chi connectivity index (χ0v) is 13.8. The van der Waals surface area contributed by atoms with E-state index < -0.39 is 0 Å². The maximum Gasteiger partial charge on any atom is 0.183 e. The molecule has 122 valence electrons. The number of methoxy groups -OCH3 is 2. The average Bonchev–Trinajstić information content (AvgIpc) is 2.98. The normalized spacial score (nSPS) is 13.0. The van der Waals surface area contributed by atoms with Gasteiger partial charge in [0.05, 0.1) is 19.9 Å². The molecule has 0 radical (unpaired) electrons. The molecular formula is C19H24N2O2. The Kier molecular flexibility index (Phi) is 4.60. The van der Waals surface area contributed by atoms with E-state index >= 15 is 0 Å². The third kappa shape index (κ3) is 3.21. The maximum atomic E-state index is 6.05. The summed E-state index contributed by atoms with van der Waals surface area (Å²) in [7, 11) is 3.25. The minimum absolute atomic E-state index is 0.615. The van der Waals surface area contributed by atoms with Gasteiger partial charge in [-0.15, -0.1) is 0 Å². The molecule has 4 heteroatoms. The zero-order chi connectivity index (χ0) is 16.2. The highest BCUT2D eigenvalue weighted by molar-refractivity contribution is 5.62. The molecule has 0 spiro atoms. The number of hydrogen-bond donors (Lipinski definition) is 1. The van der Waals surface area contributed by atoms with Gasteiger partial charge >= 0.3 is 0 Å². The minimum atomic E-state index is 0.615. The summed E-state index contributed by atoms with van der Waals surface area (Å²) >= 11 is 0. The van der Waals surface area contributed by atoms with E-state index in [0.29, 0.717) is 17.2 Å². The van der Waals surface area contributed by atoms with Crippen molar-refractivity contribution < 1.29 is 9.47 Å². The fourth-order valence-corrected chi connectivity index (χ4v) is 3.31. The Balaban J connectivity index is 1.62. The number of nitrogens with two attached hydrogens (primary N) is 1. The van der Waals surface area contributed by atoms with Gasteiger partial charge in [-0.1, -0.05) is 18.2 Å². The summed E-state index contributed by atoms with van der Waals surface area (Å²) < 4.78 is 10.7. The lowest BCUT2D eigenvalue weighted by molar-refractivity contribution is 0.356. The summed E-state index contributed by atoms with van der Waals surface area (Å²) in [4.78, 5) is 2.47. The van der Waals surface area contributed by atoms with Crippen molar-refractivity contribution in [3.8, 4) is 11.5 Å². The lowest BCUT2D eigenvalue weighted by Crippen LogP contribution is -2.22. The summed E-state index contributed by atoms with van der Waals surface area (Å²) in [6.45, 7) is 2.18. The summed E-state index contributed by atoms with van der Waals surface area (Å²) in [6.07, 6.45) is 3.21. The number of ether oxygens (including phenoxy) is 2. The number of nitrogen functional groups attached to an aromatic ring is 1. The summed E-state index contributed by atoms with van der Waals surface area (Å²) in [5.74, 6) is 1.32. The van der Waals surface area contributed by atoms with Gasteiger partial charge < -0.3 is 20.1 Å². The van der Waals surface area contributed by atoms with Crippen molar-refractivity contribution in [1.82, 2.24) is 0 Å². The number of anilines is 2. The van der Waals surface area contributed by atoms with Crippen molar-refractivity contribution >= 4 is 11.4 Å². The molecule has 4 nitrogen and oxygen atoms in total. The Labute approximate surface area is 137 Å². The van der Waals surface area contributed by atoms with Crippen molar-refractivity contribution in [2.45, 2.75) is 19.3 Å². The summed E-state index contributed by atoms with van der Waals surface area (Å²) in [5, 5.41) is 0. The molecule has 0 unspecified atom stereocenters. The third-order valence-corrected chi connectivity index (χ3v) is 4.44. The van der Waals surface area contributed by atoms with Crippen molar-refractivity contribution in [1.29, 1.82) is 0 Å². The molecule has 0 amide bonds. The predicted octanol–water partition coefficient (Wildman–Crippen LogP) is 3.28. The smallest absolute Gasteiger partial charge is 0.183 e. The largest absolute Gasteiger partial charge is 0.493 e. The van der Waals surface area contributed by atoms with Crippen molar-refractivity contribution in [3.63, 3.8) is 0 Å². The van der Waals surface area contributed by atoms with Crippen LogP contribution in [0.3, 0.4) is 0 Å². The highest BCUT2D eigenvalue weighted by atomic mass is 16.5. The molecule has 2 N–H and O–H groups in total. The van der Waals surface area contributed by atoms with E-state index in [1.54, 1.807) is 14.2 Å². The Morgan fingerprint density at radius 2 is 1.96 bits per heavy atom. The van der Waals surface area contributed by atoms with Crippen LogP contribution in [0.2, 0.25) is 0 Å². The molecule has 0 saturated heterocycles. The average molecular weight is 312 g/mol. The minimum Gasteiger partial charge on any atom is -0.493 e. The number of hydrogen-bond acceptors (Lipinski definition) is 4. The van der Waals surface area contributed by atoms with Crippen LogP contribution in [0.25, 0.3) is 0 Å². The standard InChI is InChI=1S/C19H24N2O2/c1-22-18-13-14(12-16(20)19(18)23-2)6-5-10-21-11-9-15-7-3-4-8-17(15)21/h3-4,7-8,12-13H,5-6,9-11,20H2,1-2H3. The molecule has 0 aromatic heterocycles. The predicted molar refractivity (Wildman–Crippen MR) is 94.6 cm³/mol. The van der Waals surface area contributed by atoms with Crippen LogP contribution >= 0.6 is 0 Å². The van der Waals surface area contributed by atoms with Crippen molar-refractivity contribution in [2.24, 2.45) is 0 Å². The Hall–Kier alpha value is -2.36. The van der Waals surface area contributed by atoms with E-state index in [-0.39, 0.29) is 0 Å². The van der Waals surface area contributed by atoms with Crippen LogP contribution in [0.5, 0.6) is 11.5 Å². The fourth-order valence-electron chi connectivity index (χ4n) is 3.31. The number of rotatable bonds is 6. The van der Waals surface area contributed by atoms with E-state index in [2.05, 4.69) is 29.2 Å². The highest BCUT2D eigenvalue weighted by Gasteiger charge is 2.17. The number of aryl methyl sites for hydroxylation is 1. The van der Waals surface area contributed by atoms with Crippen LogP contribution in [0.15, 0.2) is 36.4 Å². The van der Waals surface area contributed by atoms with E-state index in [1.165, 1.54) is 16.8 Å². The van der Waals surface area contributed by atoms with E-state index in [0.717, 1.165) is 32.4 Å². The van der Waals surface area contributed by atoms with Gasteiger partial charge in [0.25, 0.3) is 0 Å². The van der Waals surface area contributed by atoms with E-state index in [9.17, 15) is 0 Å². The third-order valence-electron chi connectivity index (χ3n) is 4.44. The van der Waals surface area contributed by atoms with Crippen LogP contribution in [0.1, 0.15) is 17.5 Å². The van der Waals surface area contributed by atoms with Crippen LogP contribution in [0, 0.1) is 0 Å². The van der Waals surface area contributed by atoms with E-state index in [1.807, 2.05) is 12.1 Å². The number of fused-ring (bicyclic) bond motifs is 1. The molecule has 0 fully saturated rings. The van der Waals surface area contributed by atoms with Gasteiger partial charge in [-0.05, 0) is 48.6 Å². The maximum absolute atomic E-state index is 6.05. The first kappa shape index (κ1) is 15.5. The number of para-hydroxylation sites is 1. The second-order valence-electron chi connectivity index (χ2n) is 5.89. The van der Waals surface area contributed by atoms with Crippen LogP contribution in [-0.2, 0) is 12.8 Å². The lowest BCUT2D eigenvalue weighted by Gasteiger charge is -2.19. The molecule has 0 bridgehead atoms. The van der Waals surface area contributed by atoms with Crippen LogP contribution < -0.4 is 20.1 Å². The molecule has 3 rings (SSSR count). The molecule has 23 heavy (non-hydrogen) atoms. The second kappa shape index (κ2) is 6.82. The zero-order valence-electron chi connectivity index (χ0n) is 13.8. The van der Waals surface area contributed by atoms with Crippen LogP contribution in [0.4, 0.5) is 11.4 Å². The van der Waals surface area contributed by atoms with Gasteiger partial charge in [0.15, 0.2) is 11.5 Å². The summed E-state index contributed by atoms with van der Waals surface area (Å²) in [6, 6.07) is 12.7. The first-order valence-electron chi connectivity index (χ1n) is 8.06. The van der Waals surface area contributed by atoms with Gasteiger partial charge in [-0.3, -0.25) is 0 Å². The topological polar surface area (TPSA) is 47.7 Å². The molecule has 1 heterocycles. The van der Waals surface area contributed by atoms with Gasteiger partial charge in [-0.25, -0.2) is 0 Å². The lowest BCUT2D eigenvalue weighted by atomic mass is 10.1. The van der Waals surface area contributed by atoms with Crippen molar-refractivity contribution in [2.75, 3.05) is 37.9 Å². The first-order chi connectivity index (χ1) is 11.2. The van der Waals surface area contributed by atoms with Gasteiger partial charge in [-0.2, -0.15) is 0 Å². The van der Waals surface area contributed by atoms with E-state index in [4.69, 9.17) is 15.2 Å². The summed E-state index contributed by atoms with van der Waals surface area (Å²) in [5.41, 5.74) is 10.7. The number of benzene rings is 2. The molecule has 0 saturated carbocycles. The second-order valence-corrected chi connectivity index (χ2v) is 5.89. The molecular weight excluding hydrogens is 288 g/mol. The Bertz CT molecular complexity index is 685. The Morgan fingerprint density at radius 1 is 1.13 bits per heavy atom. The quantitative estimate of drug-likeness (QED) is 0.832. The molecule has 1 aliphatic heterocycles. The first-order valence-corrected chi connectivity index (χ1v) is 8.06. The van der Waals surface area contributed by atoms with Gasteiger partial charge in [0, 0.05) is 18.8 Å². The van der Waals surface area contributed by atoms with Crippen molar-refractivity contribution in [3.05, 3.63) is 47.5 Å².